The van der Waals surface area contributed by atoms with Gasteiger partial charge in [-0.25, -0.2) is 16.8 Å². The Hall–Kier alpha value is -3.52. The first-order valence-electron chi connectivity index (χ1n) is 8.65. The van der Waals surface area contributed by atoms with E-state index < -0.39 is 36.2 Å². The summed E-state index contributed by atoms with van der Waals surface area (Å²) in [4.78, 5) is 31.5. The third-order valence-electron chi connectivity index (χ3n) is 3.67. The molecule has 0 aromatic heterocycles. The molecule has 0 aliphatic heterocycles. The van der Waals surface area contributed by atoms with E-state index in [1.807, 2.05) is 0 Å². The zero-order valence-electron chi connectivity index (χ0n) is 17.6. The van der Waals surface area contributed by atoms with E-state index in [0.29, 0.717) is 5.69 Å². The fourth-order valence-corrected chi connectivity index (χ4v) is 3.56. The van der Waals surface area contributed by atoms with Crippen molar-refractivity contribution in [2.75, 3.05) is 28.9 Å². The summed E-state index contributed by atoms with van der Waals surface area (Å²) in [6.07, 6.45) is 2.05. The van der Waals surface area contributed by atoms with E-state index in [1.165, 1.54) is 44.2 Å². The highest BCUT2D eigenvalue weighted by molar-refractivity contribution is 7.91. The van der Waals surface area contributed by atoms with Crippen LogP contribution in [0.5, 0.6) is 0 Å². The van der Waals surface area contributed by atoms with E-state index in [4.69, 9.17) is 5.73 Å². The molecule has 2 aromatic rings. The summed E-state index contributed by atoms with van der Waals surface area (Å²) in [5.41, 5.74) is 5.74. The summed E-state index contributed by atoms with van der Waals surface area (Å²) in [7, 11) is -6.78. The second kappa shape index (κ2) is 10.2. The molecule has 2 rings (SSSR count). The third-order valence-corrected chi connectivity index (χ3v) is 5.89. The average molecular weight is 487 g/mol. The zero-order chi connectivity index (χ0) is 24.9. The van der Waals surface area contributed by atoms with Crippen LogP contribution in [0.3, 0.4) is 0 Å². The maximum atomic E-state index is 11.2. The molecule has 0 bridgehead atoms. The van der Waals surface area contributed by atoms with Crippen molar-refractivity contribution in [3.63, 3.8) is 0 Å². The molecule has 0 atom stereocenters. The van der Waals surface area contributed by atoms with Gasteiger partial charge in [0.25, 0.3) is 5.69 Å². The van der Waals surface area contributed by atoms with Crippen molar-refractivity contribution in [1.82, 2.24) is 0 Å². The molecule has 0 aliphatic rings. The molecule has 0 spiro atoms. The van der Waals surface area contributed by atoms with Gasteiger partial charge in [-0.15, -0.1) is 0 Å². The normalized spacial score (nSPS) is 11.0. The minimum absolute atomic E-state index is 0.0325. The molecule has 0 fully saturated rings. The van der Waals surface area contributed by atoms with Crippen LogP contribution in [-0.4, -0.2) is 46.1 Å². The van der Waals surface area contributed by atoms with Crippen molar-refractivity contribution < 1.29 is 31.3 Å². The monoisotopic (exact) mass is 486 g/mol. The summed E-state index contributed by atoms with van der Waals surface area (Å²) < 4.78 is 44.8. The standard InChI is InChI=1S/C9H10N2O5S.C9H12N2O3S/c1-6(12)10-8-4-3-7(17(2,15)16)5-9(8)11(13)14;1-6(12)11-9-4-3-7(5-8(9)10)15(2,13)14/h3-5H,1-2H3,(H,10,12);3-5H,10H2,1-2H3,(H,11,12). The molecule has 4 N–H and O–H groups in total. The fraction of sp³-hybridized carbons (Fsp3) is 0.222. The molecular formula is C18H22N4O8S2. The molecule has 174 valence electrons. The number of anilines is 3. The number of hydrogen-bond donors (Lipinski definition) is 3. The zero-order valence-corrected chi connectivity index (χ0v) is 19.2. The highest BCUT2D eigenvalue weighted by Gasteiger charge is 2.19. The Bertz CT molecular complexity index is 1270. The van der Waals surface area contributed by atoms with Gasteiger partial charge in [0, 0.05) is 32.4 Å². The van der Waals surface area contributed by atoms with E-state index in [0.717, 1.165) is 18.6 Å². The number of carbonyl (C=O) groups is 2. The van der Waals surface area contributed by atoms with Gasteiger partial charge >= 0.3 is 0 Å². The van der Waals surface area contributed by atoms with E-state index >= 15 is 0 Å². The van der Waals surface area contributed by atoms with Gasteiger partial charge in [-0.05, 0) is 30.3 Å². The maximum absolute atomic E-state index is 11.2. The summed E-state index contributed by atoms with van der Waals surface area (Å²) in [5.74, 6) is -0.728. The maximum Gasteiger partial charge on any atom is 0.294 e. The van der Waals surface area contributed by atoms with Crippen molar-refractivity contribution in [3.8, 4) is 0 Å². The van der Waals surface area contributed by atoms with Crippen LogP contribution in [0.1, 0.15) is 13.8 Å². The predicted octanol–water partition coefficient (Wildman–Crippen LogP) is 1.59. The molecule has 0 saturated carbocycles. The molecule has 0 radical (unpaired) electrons. The number of nitrogens with zero attached hydrogens (tertiary/aromatic N) is 1. The number of carbonyl (C=O) groups excluding carboxylic acids is 2. The number of benzene rings is 2. The Morgan fingerprint density at radius 2 is 1.25 bits per heavy atom. The molecule has 32 heavy (non-hydrogen) atoms. The van der Waals surface area contributed by atoms with Crippen LogP contribution in [0.2, 0.25) is 0 Å². The molecule has 0 saturated heterocycles. The summed E-state index contributed by atoms with van der Waals surface area (Å²) in [6.45, 7) is 2.55. The summed E-state index contributed by atoms with van der Waals surface area (Å²) in [5, 5.41) is 15.5. The lowest BCUT2D eigenvalue weighted by atomic mass is 10.2. The second-order valence-corrected chi connectivity index (χ2v) is 10.6. The smallest absolute Gasteiger partial charge is 0.294 e. The lowest BCUT2D eigenvalue weighted by molar-refractivity contribution is -0.384. The number of sulfone groups is 2. The van der Waals surface area contributed by atoms with Gasteiger partial charge in [0.1, 0.15) is 5.69 Å². The van der Waals surface area contributed by atoms with Gasteiger partial charge in [0.15, 0.2) is 19.7 Å². The predicted molar refractivity (Wildman–Crippen MR) is 119 cm³/mol. The van der Waals surface area contributed by atoms with Crippen LogP contribution in [-0.2, 0) is 29.3 Å². The quantitative estimate of drug-likeness (QED) is 0.319. The van der Waals surface area contributed by atoms with E-state index in [1.54, 1.807) is 0 Å². The van der Waals surface area contributed by atoms with Gasteiger partial charge in [-0.1, -0.05) is 0 Å². The number of nitrogen functional groups attached to an aromatic ring is 1. The van der Waals surface area contributed by atoms with Gasteiger partial charge in [-0.3, -0.25) is 19.7 Å². The Balaban J connectivity index is 0.000000323. The number of nitrogens with two attached hydrogens (primary N) is 1. The SMILES string of the molecule is CC(=O)Nc1ccc(S(C)(=O)=O)cc1N.CC(=O)Nc1ccc(S(C)(=O)=O)cc1[N+](=O)[O-]. The number of nitrogens with one attached hydrogen (secondary N) is 2. The molecule has 12 nitrogen and oxygen atoms in total. The first-order chi connectivity index (χ1) is 14.5. The Kier molecular flexibility index (Phi) is 8.45. The van der Waals surface area contributed by atoms with Gasteiger partial charge < -0.3 is 16.4 Å². The van der Waals surface area contributed by atoms with Crippen LogP contribution < -0.4 is 16.4 Å². The fourth-order valence-electron chi connectivity index (χ4n) is 2.26. The molecular weight excluding hydrogens is 464 g/mol. The van der Waals surface area contributed by atoms with Crippen LogP contribution in [0.15, 0.2) is 46.2 Å². The first-order valence-corrected chi connectivity index (χ1v) is 12.4. The highest BCUT2D eigenvalue weighted by Crippen LogP contribution is 2.27. The number of nitro benzene ring substituents is 1. The second-order valence-electron chi connectivity index (χ2n) is 6.59. The Morgan fingerprint density at radius 3 is 1.62 bits per heavy atom. The van der Waals surface area contributed by atoms with Gasteiger partial charge in [-0.2, -0.15) is 0 Å². The highest BCUT2D eigenvalue weighted by atomic mass is 32.2. The van der Waals surface area contributed by atoms with Crippen molar-refractivity contribution in [2.24, 2.45) is 0 Å². The lowest BCUT2D eigenvalue weighted by Crippen LogP contribution is -2.09. The molecule has 14 heteroatoms. The molecule has 0 unspecified atom stereocenters. The lowest BCUT2D eigenvalue weighted by Gasteiger charge is -2.07. The number of rotatable bonds is 5. The molecule has 2 aromatic carbocycles. The number of hydrogen-bond acceptors (Lipinski definition) is 9. The summed E-state index contributed by atoms with van der Waals surface area (Å²) >= 11 is 0. The molecule has 0 heterocycles. The molecule has 0 aliphatic carbocycles. The van der Waals surface area contributed by atoms with Crippen LogP contribution >= 0.6 is 0 Å². The summed E-state index contributed by atoms with van der Waals surface area (Å²) in [6, 6.07) is 7.49. The number of nitro groups is 1. The average Bonchev–Trinajstić information content (AvgIpc) is 2.61. The first kappa shape index (κ1) is 26.5. The van der Waals surface area contributed by atoms with Crippen LogP contribution in [0, 0.1) is 10.1 Å². The van der Waals surface area contributed by atoms with Gasteiger partial charge in [0.2, 0.25) is 11.8 Å². The van der Waals surface area contributed by atoms with Crippen LogP contribution in [0.25, 0.3) is 0 Å². The largest absolute Gasteiger partial charge is 0.397 e. The topological polar surface area (TPSA) is 196 Å². The van der Waals surface area contributed by atoms with Crippen molar-refractivity contribution in [2.45, 2.75) is 23.6 Å². The van der Waals surface area contributed by atoms with Gasteiger partial charge in [0.05, 0.1) is 26.1 Å². The van der Waals surface area contributed by atoms with E-state index in [2.05, 4.69) is 10.6 Å². The van der Waals surface area contributed by atoms with Crippen molar-refractivity contribution >= 4 is 54.2 Å². The Labute approximate surface area is 184 Å². The molecule has 2 amide bonds. The van der Waals surface area contributed by atoms with Crippen LogP contribution in [0.4, 0.5) is 22.7 Å². The van der Waals surface area contributed by atoms with E-state index in [9.17, 15) is 36.5 Å². The number of amides is 2. The van der Waals surface area contributed by atoms with Crippen molar-refractivity contribution in [3.05, 3.63) is 46.5 Å². The van der Waals surface area contributed by atoms with Crippen molar-refractivity contribution in [1.29, 1.82) is 0 Å². The third kappa shape index (κ3) is 7.96. The Morgan fingerprint density at radius 1 is 0.844 bits per heavy atom. The minimum Gasteiger partial charge on any atom is -0.397 e. The van der Waals surface area contributed by atoms with E-state index in [-0.39, 0.29) is 27.1 Å². The minimum atomic E-state index is -3.52.